The minimum absolute atomic E-state index is 0.102. The van der Waals surface area contributed by atoms with Crippen LogP contribution in [0, 0.1) is 0 Å². The highest BCUT2D eigenvalue weighted by Gasteiger charge is 2.22. The number of unbranched alkanes of at least 4 members (excludes halogenated alkanes) is 3. The van der Waals surface area contributed by atoms with Crippen molar-refractivity contribution in [1.82, 2.24) is 9.55 Å². The number of hydrogen-bond donors (Lipinski definition) is 2. The average molecular weight is 373 g/mol. The molecule has 0 spiro atoms. The summed E-state index contributed by atoms with van der Waals surface area (Å²) >= 11 is 0. The lowest BCUT2D eigenvalue weighted by atomic mass is 10.1. The number of phenols is 1. The maximum atomic E-state index is 12.3. The number of benzene rings is 1. The van der Waals surface area contributed by atoms with Gasteiger partial charge in [0.1, 0.15) is 11.8 Å². The number of carbonyl (C=O) groups excluding carboxylic acids is 2. The van der Waals surface area contributed by atoms with Crippen molar-refractivity contribution in [2.24, 2.45) is 0 Å². The maximum Gasteiger partial charge on any atom is 0.329 e. The first-order chi connectivity index (χ1) is 13.1. The van der Waals surface area contributed by atoms with Gasteiger partial charge in [0.2, 0.25) is 0 Å². The van der Waals surface area contributed by atoms with E-state index < -0.39 is 11.9 Å². The highest BCUT2D eigenvalue weighted by Crippen LogP contribution is 2.21. The zero-order valence-electron chi connectivity index (χ0n) is 15.9. The molecule has 0 bridgehead atoms. The fraction of sp³-hybridized carbons (Fsp3) is 0.450. The van der Waals surface area contributed by atoms with E-state index in [9.17, 15) is 14.7 Å². The quantitative estimate of drug-likeness (QED) is 0.486. The summed E-state index contributed by atoms with van der Waals surface area (Å²) in [7, 11) is 0. The molecule has 0 aliphatic heterocycles. The van der Waals surface area contributed by atoms with Gasteiger partial charge >= 0.3 is 5.97 Å². The van der Waals surface area contributed by atoms with Crippen LogP contribution in [-0.2, 0) is 9.53 Å². The summed E-state index contributed by atoms with van der Waals surface area (Å²) in [5.74, 6) is -0.556. The summed E-state index contributed by atoms with van der Waals surface area (Å²) in [6.07, 6.45) is 8.00. The van der Waals surface area contributed by atoms with Gasteiger partial charge in [0.05, 0.1) is 18.5 Å². The van der Waals surface area contributed by atoms with Crippen LogP contribution < -0.4 is 5.32 Å². The Kier molecular flexibility index (Phi) is 7.85. The number of amides is 1. The van der Waals surface area contributed by atoms with Crippen LogP contribution in [0.5, 0.6) is 5.75 Å². The number of carbonyl (C=O) groups is 2. The van der Waals surface area contributed by atoms with Crippen molar-refractivity contribution in [3.63, 3.8) is 0 Å². The molecule has 2 rings (SSSR count). The third kappa shape index (κ3) is 5.84. The molecule has 0 aliphatic carbocycles. The van der Waals surface area contributed by atoms with Crippen LogP contribution in [-0.4, -0.2) is 33.1 Å². The molecule has 2 N–H and O–H groups in total. The van der Waals surface area contributed by atoms with Crippen LogP contribution in [0.4, 0.5) is 5.82 Å². The summed E-state index contributed by atoms with van der Waals surface area (Å²) in [5.41, 5.74) is 0.161. The number of para-hydroxylation sites is 1. The molecule has 7 nitrogen and oxygen atoms in total. The van der Waals surface area contributed by atoms with Gasteiger partial charge < -0.3 is 19.7 Å². The Hall–Kier alpha value is -2.83. The van der Waals surface area contributed by atoms with Gasteiger partial charge in [-0.1, -0.05) is 44.7 Å². The zero-order valence-corrected chi connectivity index (χ0v) is 15.9. The zero-order chi connectivity index (χ0) is 19.6. The van der Waals surface area contributed by atoms with Crippen molar-refractivity contribution < 1.29 is 19.4 Å². The molecular weight excluding hydrogens is 346 g/mol. The van der Waals surface area contributed by atoms with E-state index >= 15 is 0 Å². The van der Waals surface area contributed by atoms with Gasteiger partial charge in [-0.25, -0.2) is 9.78 Å². The summed E-state index contributed by atoms with van der Waals surface area (Å²) in [4.78, 5) is 28.8. The number of ether oxygens (including phenoxy) is 1. The Bertz CT molecular complexity index is 757. The molecule has 2 aromatic rings. The first kappa shape index (κ1) is 20.5. The molecule has 0 saturated carbocycles. The molecule has 1 unspecified atom stereocenters. The van der Waals surface area contributed by atoms with E-state index in [1.165, 1.54) is 18.5 Å². The van der Waals surface area contributed by atoms with E-state index in [1.54, 1.807) is 29.8 Å². The molecule has 0 aliphatic rings. The third-order valence-electron chi connectivity index (χ3n) is 4.24. The van der Waals surface area contributed by atoms with E-state index in [0.29, 0.717) is 18.8 Å². The number of nitrogens with zero attached hydrogens (tertiary/aromatic N) is 2. The van der Waals surface area contributed by atoms with Gasteiger partial charge in [0.15, 0.2) is 5.82 Å². The summed E-state index contributed by atoms with van der Waals surface area (Å²) in [5, 5.41) is 12.4. The topological polar surface area (TPSA) is 93.5 Å². The standard InChI is InChI=1S/C20H27N3O4/c1-3-5-6-7-11-16(20(26)27-4-2)23-13-18(21-14-23)22-19(25)15-10-8-9-12-17(15)24/h8-10,12-14,16,24H,3-7,11H2,1-2H3,(H,22,25). The minimum atomic E-state index is -0.468. The molecule has 0 saturated heterocycles. The monoisotopic (exact) mass is 373 g/mol. The van der Waals surface area contributed by atoms with Crippen molar-refractivity contribution in [3.8, 4) is 5.75 Å². The largest absolute Gasteiger partial charge is 0.507 e. The number of esters is 1. The number of aromatic nitrogens is 2. The molecule has 1 amide bonds. The van der Waals surface area contributed by atoms with E-state index in [0.717, 1.165) is 25.7 Å². The molecule has 1 aromatic heterocycles. The van der Waals surface area contributed by atoms with E-state index in [-0.39, 0.29) is 17.3 Å². The Morgan fingerprint density at radius 3 is 2.70 bits per heavy atom. The summed E-state index contributed by atoms with van der Waals surface area (Å²) in [6.45, 7) is 4.23. The van der Waals surface area contributed by atoms with Gasteiger partial charge in [-0.3, -0.25) is 4.79 Å². The van der Waals surface area contributed by atoms with Gasteiger partial charge in [-0.05, 0) is 25.5 Å². The minimum Gasteiger partial charge on any atom is -0.507 e. The lowest BCUT2D eigenvalue weighted by Crippen LogP contribution is -2.21. The molecule has 0 radical (unpaired) electrons. The lowest BCUT2D eigenvalue weighted by molar-refractivity contribution is -0.147. The predicted octanol–water partition coefficient (Wildman–Crippen LogP) is 3.92. The average Bonchev–Trinajstić information content (AvgIpc) is 3.10. The van der Waals surface area contributed by atoms with Crippen molar-refractivity contribution in [1.29, 1.82) is 0 Å². The fourth-order valence-corrected chi connectivity index (χ4v) is 2.81. The van der Waals surface area contributed by atoms with Gasteiger partial charge in [-0.15, -0.1) is 0 Å². The highest BCUT2D eigenvalue weighted by atomic mass is 16.5. The van der Waals surface area contributed by atoms with E-state index in [4.69, 9.17) is 4.74 Å². The van der Waals surface area contributed by atoms with Crippen LogP contribution >= 0.6 is 0 Å². The van der Waals surface area contributed by atoms with Gasteiger partial charge in [-0.2, -0.15) is 0 Å². The number of hydrogen-bond acceptors (Lipinski definition) is 5. The first-order valence-corrected chi connectivity index (χ1v) is 9.36. The van der Waals surface area contributed by atoms with Crippen molar-refractivity contribution in [3.05, 3.63) is 42.4 Å². The van der Waals surface area contributed by atoms with Crippen molar-refractivity contribution >= 4 is 17.7 Å². The molecule has 0 fully saturated rings. The number of imidazole rings is 1. The fourth-order valence-electron chi connectivity index (χ4n) is 2.81. The number of nitrogens with one attached hydrogen (secondary N) is 1. The molecular formula is C20H27N3O4. The molecule has 1 heterocycles. The summed E-state index contributed by atoms with van der Waals surface area (Å²) < 4.78 is 6.85. The molecule has 146 valence electrons. The predicted molar refractivity (Wildman–Crippen MR) is 103 cm³/mol. The van der Waals surface area contributed by atoms with Gasteiger partial charge in [0.25, 0.3) is 5.91 Å². The third-order valence-corrected chi connectivity index (χ3v) is 4.24. The second kappa shape index (κ2) is 10.4. The second-order valence-electron chi connectivity index (χ2n) is 6.29. The Labute approximate surface area is 159 Å². The lowest BCUT2D eigenvalue weighted by Gasteiger charge is -2.16. The van der Waals surface area contributed by atoms with Crippen LogP contribution in [0.25, 0.3) is 0 Å². The van der Waals surface area contributed by atoms with Crippen LogP contribution in [0.2, 0.25) is 0 Å². The van der Waals surface area contributed by atoms with Crippen molar-refractivity contribution in [2.75, 3.05) is 11.9 Å². The van der Waals surface area contributed by atoms with Crippen LogP contribution in [0.15, 0.2) is 36.8 Å². The Morgan fingerprint density at radius 2 is 2.00 bits per heavy atom. The number of aromatic hydroxyl groups is 1. The van der Waals surface area contributed by atoms with Gasteiger partial charge in [0, 0.05) is 6.20 Å². The summed E-state index contributed by atoms with van der Waals surface area (Å²) in [6, 6.07) is 5.81. The highest BCUT2D eigenvalue weighted by molar-refractivity contribution is 6.05. The maximum absolute atomic E-state index is 12.3. The number of phenolic OH excluding ortho intramolecular Hbond substituents is 1. The second-order valence-corrected chi connectivity index (χ2v) is 6.29. The molecule has 7 heteroatoms. The number of anilines is 1. The Morgan fingerprint density at radius 1 is 1.22 bits per heavy atom. The van der Waals surface area contributed by atoms with E-state index in [2.05, 4.69) is 17.2 Å². The first-order valence-electron chi connectivity index (χ1n) is 9.36. The molecule has 1 aromatic carbocycles. The van der Waals surface area contributed by atoms with E-state index in [1.807, 2.05) is 0 Å². The molecule has 27 heavy (non-hydrogen) atoms. The van der Waals surface area contributed by atoms with Crippen LogP contribution in [0.1, 0.15) is 62.4 Å². The SMILES string of the molecule is CCCCCCC(C(=O)OCC)n1cnc(NC(=O)c2ccccc2O)c1. The van der Waals surface area contributed by atoms with Crippen LogP contribution in [0.3, 0.4) is 0 Å². The van der Waals surface area contributed by atoms with Crippen molar-refractivity contribution in [2.45, 2.75) is 52.0 Å². The normalized spacial score (nSPS) is 11.8. The Balaban J connectivity index is 2.08. The molecule has 1 atom stereocenters. The number of rotatable bonds is 10. The smallest absolute Gasteiger partial charge is 0.329 e.